The van der Waals surface area contributed by atoms with Gasteiger partial charge >= 0.3 is 17.9 Å². The molecule has 0 aromatic rings. The molecule has 0 radical (unpaired) electrons. The van der Waals surface area contributed by atoms with E-state index in [1.165, 1.54) is 199 Å². The zero-order valence-corrected chi connectivity index (χ0v) is 42.4. The SMILES string of the molecule is CCCCCC/C=C\CCCCCCCC(=O)O[C@@H](COC(=O)CCCCCCCCCCC/C=C\CCCCCCCC)COC(=O)CCCCCCCCCCCCCCC. The summed E-state index contributed by atoms with van der Waals surface area (Å²) in [5, 5.41) is 0. The number of carbonyl (C=O) groups excluding carboxylic acids is 3. The molecule has 0 saturated heterocycles. The number of hydrogen-bond acceptors (Lipinski definition) is 6. The van der Waals surface area contributed by atoms with Gasteiger partial charge in [-0.2, -0.15) is 0 Å². The molecule has 0 saturated carbocycles. The minimum Gasteiger partial charge on any atom is -0.462 e. The van der Waals surface area contributed by atoms with Gasteiger partial charge < -0.3 is 14.2 Å². The lowest BCUT2D eigenvalue weighted by Gasteiger charge is -2.18. The molecule has 0 bridgehead atoms. The number of carbonyl (C=O) groups is 3. The first kappa shape index (κ1) is 60.9. The van der Waals surface area contributed by atoms with Gasteiger partial charge in [0.2, 0.25) is 0 Å². The van der Waals surface area contributed by atoms with E-state index in [0.29, 0.717) is 19.3 Å². The smallest absolute Gasteiger partial charge is 0.306 e. The molecular weight excluding hydrogens is 781 g/mol. The Labute approximate surface area is 392 Å². The Morgan fingerprint density at radius 2 is 0.524 bits per heavy atom. The minimum absolute atomic E-state index is 0.0711. The maximum atomic E-state index is 12.8. The van der Waals surface area contributed by atoms with Crippen LogP contribution in [0.5, 0.6) is 0 Å². The van der Waals surface area contributed by atoms with Gasteiger partial charge in [0.1, 0.15) is 13.2 Å². The van der Waals surface area contributed by atoms with E-state index >= 15 is 0 Å². The van der Waals surface area contributed by atoms with Crippen molar-refractivity contribution in [2.45, 2.75) is 309 Å². The molecular formula is C57H106O6. The quantitative estimate of drug-likeness (QED) is 0.0262. The lowest BCUT2D eigenvalue weighted by molar-refractivity contribution is -0.167. The Bertz CT molecular complexity index is 1020. The summed E-state index contributed by atoms with van der Waals surface area (Å²) >= 11 is 0. The summed E-state index contributed by atoms with van der Waals surface area (Å²) < 4.78 is 16.8. The number of allylic oxidation sites excluding steroid dienone is 4. The van der Waals surface area contributed by atoms with E-state index in [-0.39, 0.29) is 31.1 Å². The van der Waals surface area contributed by atoms with Crippen LogP contribution in [0.3, 0.4) is 0 Å². The summed E-state index contributed by atoms with van der Waals surface area (Å²) in [7, 11) is 0. The fourth-order valence-electron chi connectivity index (χ4n) is 8.20. The summed E-state index contributed by atoms with van der Waals surface area (Å²) in [6, 6.07) is 0. The third-order valence-electron chi connectivity index (χ3n) is 12.4. The van der Waals surface area contributed by atoms with E-state index in [1.807, 2.05) is 0 Å². The number of rotatable bonds is 51. The van der Waals surface area contributed by atoms with Crippen LogP contribution in [0, 0.1) is 0 Å². The Hall–Kier alpha value is -2.11. The molecule has 0 aromatic carbocycles. The van der Waals surface area contributed by atoms with Crippen molar-refractivity contribution in [3.63, 3.8) is 0 Å². The van der Waals surface area contributed by atoms with Crippen LogP contribution in [0.15, 0.2) is 24.3 Å². The molecule has 6 nitrogen and oxygen atoms in total. The standard InChI is InChI=1S/C57H106O6/c1-4-7-10-13-16-19-22-25-26-27-28-29-30-33-35-38-41-44-47-50-56(59)62-53-54(63-57(60)51-48-45-42-39-36-32-24-21-18-15-12-9-6-3)52-61-55(58)49-46-43-40-37-34-31-23-20-17-14-11-8-5-2/h21,24-26,54H,4-20,22-23,27-53H2,1-3H3/b24-21-,26-25-/t54-/m1/s1. The lowest BCUT2D eigenvalue weighted by atomic mass is 10.0. The average molecular weight is 887 g/mol. The lowest BCUT2D eigenvalue weighted by Crippen LogP contribution is -2.30. The molecule has 370 valence electrons. The highest BCUT2D eigenvalue weighted by Crippen LogP contribution is 2.16. The number of hydrogen-bond donors (Lipinski definition) is 0. The van der Waals surface area contributed by atoms with Crippen LogP contribution in [0.2, 0.25) is 0 Å². The van der Waals surface area contributed by atoms with Crippen LogP contribution in [0.1, 0.15) is 303 Å². The number of esters is 3. The second-order valence-corrected chi connectivity index (χ2v) is 18.8. The van der Waals surface area contributed by atoms with E-state index in [9.17, 15) is 14.4 Å². The molecule has 0 fully saturated rings. The highest BCUT2D eigenvalue weighted by molar-refractivity contribution is 5.71. The predicted molar refractivity (Wildman–Crippen MR) is 270 cm³/mol. The molecule has 0 unspecified atom stereocenters. The molecule has 0 aliphatic rings. The topological polar surface area (TPSA) is 78.9 Å². The van der Waals surface area contributed by atoms with Gasteiger partial charge in [0.25, 0.3) is 0 Å². The Balaban J connectivity index is 4.30. The van der Waals surface area contributed by atoms with Crippen molar-refractivity contribution in [1.82, 2.24) is 0 Å². The second-order valence-electron chi connectivity index (χ2n) is 18.8. The normalized spacial score (nSPS) is 12.1. The zero-order valence-electron chi connectivity index (χ0n) is 42.4. The van der Waals surface area contributed by atoms with Crippen molar-refractivity contribution in [3.05, 3.63) is 24.3 Å². The maximum absolute atomic E-state index is 12.8. The van der Waals surface area contributed by atoms with Crippen molar-refractivity contribution in [1.29, 1.82) is 0 Å². The summed E-state index contributed by atoms with van der Waals surface area (Å²) in [5.74, 6) is -0.866. The van der Waals surface area contributed by atoms with Crippen molar-refractivity contribution in [2.24, 2.45) is 0 Å². The van der Waals surface area contributed by atoms with Crippen molar-refractivity contribution >= 4 is 17.9 Å². The molecule has 0 aliphatic heterocycles. The first-order valence-corrected chi connectivity index (χ1v) is 27.8. The van der Waals surface area contributed by atoms with E-state index < -0.39 is 6.10 Å². The Morgan fingerprint density at radius 3 is 0.810 bits per heavy atom. The third kappa shape index (κ3) is 50.7. The highest BCUT2D eigenvalue weighted by Gasteiger charge is 2.19. The van der Waals surface area contributed by atoms with Gasteiger partial charge in [-0.15, -0.1) is 0 Å². The fourth-order valence-corrected chi connectivity index (χ4v) is 8.20. The summed E-state index contributed by atoms with van der Waals surface area (Å²) in [6.07, 6.45) is 60.2. The molecule has 0 amide bonds. The molecule has 6 heteroatoms. The molecule has 0 heterocycles. The maximum Gasteiger partial charge on any atom is 0.306 e. The Kier molecular flexibility index (Phi) is 50.8. The van der Waals surface area contributed by atoms with Gasteiger partial charge in [-0.05, 0) is 70.6 Å². The van der Waals surface area contributed by atoms with Gasteiger partial charge in [0.05, 0.1) is 0 Å². The molecule has 63 heavy (non-hydrogen) atoms. The highest BCUT2D eigenvalue weighted by atomic mass is 16.6. The fraction of sp³-hybridized carbons (Fsp3) is 0.877. The van der Waals surface area contributed by atoms with Crippen LogP contribution in [-0.4, -0.2) is 37.2 Å². The predicted octanol–water partition coefficient (Wildman–Crippen LogP) is 18.3. The Morgan fingerprint density at radius 1 is 0.302 bits per heavy atom. The van der Waals surface area contributed by atoms with Crippen molar-refractivity contribution in [2.75, 3.05) is 13.2 Å². The molecule has 0 aromatic heterocycles. The molecule has 0 spiro atoms. The number of ether oxygens (including phenoxy) is 3. The van der Waals surface area contributed by atoms with Gasteiger partial charge in [0.15, 0.2) is 6.10 Å². The molecule has 0 N–H and O–H groups in total. The summed E-state index contributed by atoms with van der Waals surface area (Å²) in [4.78, 5) is 38.0. The van der Waals surface area contributed by atoms with Gasteiger partial charge in [0, 0.05) is 19.3 Å². The van der Waals surface area contributed by atoms with Gasteiger partial charge in [-0.25, -0.2) is 0 Å². The molecule has 1 atom stereocenters. The first-order chi connectivity index (χ1) is 31.0. The summed E-state index contributed by atoms with van der Waals surface area (Å²) in [5.41, 5.74) is 0. The van der Waals surface area contributed by atoms with E-state index in [0.717, 1.165) is 64.2 Å². The van der Waals surface area contributed by atoms with Gasteiger partial charge in [-0.3, -0.25) is 14.4 Å². The average Bonchev–Trinajstić information content (AvgIpc) is 3.28. The van der Waals surface area contributed by atoms with Crippen molar-refractivity contribution in [3.8, 4) is 0 Å². The summed E-state index contributed by atoms with van der Waals surface area (Å²) in [6.45, 7) is 6.65. The van der Waals surface area contributed by atoms with E-state index in [4.69, 9.17) is 14.2 Å². The third-order valence-corrected chi connectivity index (χ3v) is 12.4. The van der Waals surface area contributed by atoms with Crippen LogP contribution >= 0.6 is 0 Å². The first-order valence-electron chi connectivity index (χ1n) is 27.8. The minimum atomic E-state index is -0.771. The largest absolute Gasteiger partial charge is 0.462 e. The number of unbranched alkanes of at least 4 members (excludes halogenated alkanes) is 36. The van der Waals surface area contributed by atoms with Crippen LogP contribution in [-0.2, 0) is 28.6 Å². The van der Waals surface area contributed by atoms with Crippen LogP contribution < -0.4 is 0 Å². The monoisotopic (exact) mass is 887 g/mol. The molecule has 0 rings (SSSR count). The van der Waals surface area contributed by atoms with Gasteiger partial charge in [-0.1, -0.05) is 238 Å². The zero-order chi connectivity index (χ0) is 45.8. The van der Waals surface area contributed by atoms with Crippen LogP contribution in [0.25, 0.3) is 0 Å². The molecule has 0 aliphatic carbocycles. The van der Waals surface area contributed by atoms with Crippen molar-refractivity contribution < 1.29 is 28.6 Å². The second kappa shape index (κ2) is 52.5. The van der Waals surface area contributed by atoms with Crippen LogP contribution in [0.4, 0.5) is 0 Å². The van der Waals surface area contributed by atoms with E-state index in [1.54, 1.807) is 0 Å². The van der Waals surface area contributed by atoms with E-state index in [2.05, 4.69) is 45.1 Å².